The van der Waals surface area contributed by atoms with Gasteiger partial charge in [-0.2, -0.15) is 0 Å². The summed E-state index contributed by atoms with van der Waals surface area (Å²) in [5.41, 5.74) is 0. The largest absolute Gasteiger partial charge is 0.459 e. The molecular formula is C7H8O4. The quantitative estimate of drug-likeness (QED) is 0.319. The molecule has 0 aromatic carbocycles. The van der Waals surface area contributed by atoms with Crippen molar-refractivity contribution in [2.75, 3.05) is 13.2 Å². The van der Waals surface area contributed by atoms with Crippen LogP contribution >= 0.6 is 0 Å². The lowest BCUT2D eigenvalue weighted by Crippen LogP contribution is -2.46. The fourth-order valence-electron chi connectivity index (χ4n) is 0.651. The van der Waals surface area contributed by atoms with Crippen LogP contribution in [0.3, 0.4) is 0 Å². The van der Waals surface area contributed by atoms with Crippen LogP contribution in [0.4, 0.5) is 0 Å². The third-order valence-electron chi connectivity index (χ3n) is 1.24. The Morgan fingerprint density at radius 1 is 1.91 bits per heavy atom. The molecule has 0 saturated carbocycles. The topological polar surface area (TPSA) is 52.6 Å². The van der Waals surface area contributed by atoms with Gasteiger partial charge in [0.1, 0.15) is 13.2 Å². The summed E-state index contributed by atoms with van der Waals surface area (Å²) in [6, 6.07) is 0. The van der Waals surface area contributed by atoms with Gasteiger partial charge < -0.3 is 9.47 Å². The van der Waals surface area contributed by atoms with Crippen LogP contribution in [-0.4, -0.2) is 31.1 Å². The maximum atomic E-state index is 10.8. The first-order valence-electron chi connectivity index (χ1n) is 3.17. The van der Waals surface area contributed by atoms with Crippen molar-refractivity contribution < 1.29 is 19.1 Å². The predicted octanol–water partition coefficient (Wildman–Crippen LogP) is -0.317. The molecule has 0 aromatic rings. The van der Waals surface area contributed by atoms with Crippen LogP contribution in [-0.2, 0) is 19.1 Å². The highest BCUT2D eigenvalue weighted by Crippen LogP contribution is 2.08. The second-order valence-corrected chi connectivity index (χ2v) is 2.08. The smallest absolute Gasteiger partial charge is 0.343 e. The Balaban J connectivity index is 2.29. The Bertz CT molecular complexity index is 197. The van der Waals surface area contributed by atoms with Gasteiger partial charge in [0.15, 0.2) is 5.78 Å². The molecule has 1 aliphatic rings. The minimum atomic E-state index is -0.977. The van der Waals surface area contributed by atoms with E-state index in [9.17, 15) is 9.59 Å². The molecule has 1 unspecified atom stereocenters. The SMILES string of the molecule is C=CCOC(=O)C1OCC1=O. The lowest BCUT2D eigenvalue weighted by atomic mass is 10.2. The first-order valence-corrected chi connectivity index (χ1v) is 3.17. The van der Waals surface area contributed by atoms with Gasteiger partial charge in [-0.1, -0.05) is 12.7 Å². The van der Waals surface area contributed by atoms with Crippen LogP contribution in [0, 0.1) is 0 Å². The van der Waals surface area contributed by atoms with Crippen molar-refractivity contribution in [3.63, 3.8) is 0 Å². The zero-order valence-corrected chi connectivity index (χ0v) is 5.91. The molecular weight excluding hydrogens is 148 g/mol. The number of hydrogen-bond donors (Lipinski definition) is 0. The Morgan fingerprint density at radius 3 is 3.00 bits per heavy atom. The van der Waals surface area contributed by atoms with Gasteiger partial charge in [0.25, 0.3) is 0 Å². The summed E-state index contributed by atoms with van der Waals surface area (Å²) in [4.78, 5) is 21.4. The van der Waals surface area contributed by atoms with Crippen molar-refractivity contribution in [2.45, 2.75) is 6.10 Å². The van der Waals surface area contributed by atoms with E-state index in [1.54, 1.807) is 0 Å². The molecule has 0 spiro atoms. The lowest BCUT2D eigenvalue weighted by molar-refractivity contribution is -0.175. The molecule has 0 bridgehead atoms. The van der Waals surface area contributed by atoms with Crippen LogP contribution in [0.15, 0.2) is 12.7 Å². The normalized spacial score (nSPS) is 22.2. The monoisotopic (exact) mass is 156 g/mol. The van der Waals surface area contributed by atoms with E-state index in [0.29, 0.717) is 0 Å². The molecule has 4 nitrogen and oxygen atoms in total. The van der Waals surface area contributed by atoms with Crippen LogP contribution in [0.2, 0.25) is 0 Å². The molecule has 0 aromatic heterocycles. The van der Waals surface area contributed by atoms with Crippen molar-refractivity contribution in [3.8, 4) is 0 Å². The van der Waals surface area contributed by atoms with Crippen LogP contribution in [0.1, 0.15) is 0 Å². The lowest BCUT2D eigenvalue weighted by Gasteiger charge is -2.22. The fraction of sp³-hybridized carbons (Fsp3) is 0.429. The maximum absolute atomic E-state index is 10.8. The third kappa shape index (κ3) is 1.65. The van der Waals surface area contributed by atoms with Gasteiger partial charge in [-0.25, -0.2) is 4.79 Å². The molecule has 1 fully saturated rings. The highest BCUT2D eigenvalue weighted by Gasteiger charge is 2.37. The average Bonchev–Trinajstić information content (AvgIpc) is 1.98. The summed E-state index contributed by atoms with van der Waals surface area (Å²) in [5, 5.41) is 0. The summed E-state index contributed by atoms with van der Waals surface area (Å²) < 4.78 is 9.21. The number of carbonyl (C=O) groups excluding carboxylic acids is 2. The molecule has 11 heavy (non-hydrogen) atoms. The van der Waals surface area contributed by atoms with Crippen molar-refractivity contribution in [1.82, 2.24) is 0 Å². The molecule has 1 rings (SSSR count). The highest BCUT2D eigenvalue weighted by molar-refractivity contribution is 6.06. The van der Waals surface area contributed by atoms with Gasteiger partial charge in [0, 0.05) is 0 Å². The van der Waals surface area contributed by atoms with Crippen molar-refractivity contribution in [3.05, 3.63) is 12.7 Å². The molecule has 1 saturated heterocycles. The number of ketones is 1. The summed E-state index contributed by atoms with van der Waals surface area (Å²) in [5.74, 6) is -0.847. The molecule has 1 aliphatic heterocycles. The maximum Gasteiger partial charge on any atom is 0.343 e. The Kier molecular flexibility index (Phi) is 2.38. The molecule has 0 aliphatic carbocycles. The number of rotatable bonds is 3. The number of carbonyl (C=O) groups is 2. The molecule has 0 radical (unpaired) electrons. The van der Waals surface area contributed by atoms with Gasteiger partial charge in [-0.05, 0) is 0 Å². The van der Waals surface area contributed by atoms with Crippen LogP contribution in [0.5, 0.6) is 0 Å². The van der Waals surface area contributed by atoms with E-state index in [1.165, 1.54) is 6.08 Å². The van der Waals surface area contributed by atoms with Crippen LogP contribution < -0.4 is 0 Å². The number of esters is 1. The van der Waals surface area contributed by atoms with E-state index in [-0.39, 0.29) is 19.0 Å². The first-order chi connectivity index (χ1) is 5.25. The van der Waals surface area contributed by atoms with E-state index in [4.69, 9.17) is 0 Å². The highest BCUT2D eigenvalue weighted by atomic mass is 16.6. The standard InChI is InChI=1S/C7H8O4/c1-2-3-10-7(9)6-5(8)4-11-6/h2,6H,1,3-4H2. The molecule has 0 N–H and O–H groups in total. The zero-order chi connectivity index (χ0) is 8.27. The Hall–Kier alpha value is -1.16. The van der Waals surface area contributed by atoms with Gasteiger partial charge in [-0.15, -0.1) is 0 Å². The zero-order valence-electron chi connectivity index (χ0n) is 5.91. The molecule has 1 atom stereocenters. The van der Waals surface area contributed by atoms with E-state index < -0.39 is 12.1 Å². The van der Waals surface area contributed by atoms with E-state index >= 15 is 0 Å². The van der Waals surface area contributed by atoms with Gasteiger partial charge >= 0.3 is 5.97 Å². The van der Waals surface area contributed by atoms with E-state index in [0.717, 1.165) is 0 Å². The summed E-state index contributed by atoms with van der Waals surface area (Å²) in [7, 11) is 0. The fourth-order valence-corrected chi connectivity index (χ4v) is 0.651. The van der Waals surface area contributed by atoms with Crippen LogP contribution in [0.25, 0.3) is 0 Å². The van der Waals surface area contributed by atoms with Gasteiger partial charge in [0.05, 0.1) is 0 Å². The average molecular weight is 156 g/mol. The van der Waals surface area contributed by atoms with Crippen molar-refractivity contribution in [2.24, 2.45) is 0 Å². The number of hydrogen-bond acceptors (Lipinski definition) is 4. The molecule has 0 amide bonds. The van der Waals surface area contributed by atoms with Crippen molar-refractivity contribution in [1.29, 1.82) is 0 Å². The van der Waals surface area contributed by atoms with Gasteiger partial charge in [-0.3, -0.25) is 4.79 Å². The predicted molar refractivity (Wildman–Crippen MR) is 35.9 cm³/mol. The second-order valence-electron chi connectivity index (χ2n) is 2.08. The summed E-state index contributed by atoms with van der Waals surface area (Å²) >= 11 is 0. The summed E-state index contributed by atoms with van der Waals surface area (Å²) in [6.45, 7) is 3.49. The minimum absolute atomic E-state index is 0.0217. The Labute approximate surface area is 63.8 Å². The third-order valence-corrected chi connectivity index (χ3v) is 1.24. The van der Waals surface area contributed by atoms with E-state index in [2.05, 4.69) is 16.1 Å². The first kappa shape index (κ1) is 7.94. The summed E-state index contributed by atoms with van der Waals surface area (Å²) in [6.07, 6.45) is 0.455. The van der Waals surface area contributed by atoms with E-state index in [1.807, 2.05) is 0 Å². The molecule has 60 valence electrons. The number of Topliss-reactive ketones (excluding diaryl/α,β-unsaturated/α-hetero) is 1. The number of ether oxygens (including phenoxy) is 2. The molecule has 1 heterocycles. The minimum Gasteiger partial charge on any atom is -0.459 e. The van der Waals surface area contributed by atoms with Crippen molar-refractivity contribution >= 4 is 11.8 Å². The van der Waals surface area contributed by atoms with Gasteiger partial charge in [0.2, 0.25) is 6.10 Å². The molecule has 4 heteroatoms. The second kappa shape index (κ2) is 3.30. The Morgan fingerprint density at radius 2 is 2.64 bits per heavy atom.